The van der Waals surface area contributed by atoms with Crippen molar-refractivity contribution >= 4 is 10.9 Å². The minimum atomic E-state index is 0.570. The molecule has 1 aliphatic rings. The summed E-state index contributed by atoms with van der Waals surface area (Å²) < 4.78 is 5.80. The van der Waals surface area contributed by atoms with Gasteiger partial charge in [0.1, 0.15) is 17.3 Å². The molecule has 1 rings (SSSR count). The molecule has 2 unspecified atom stereocenters. The van der Waals surface area contributed by atoms with E-state index in [2.05, 4.69) is 13.8 Å². The van der Waals surface area contributed by atoms with E-state index >= 15 is 0 Å². The third-order valence-electron chi connectivity index (χ3n) is 3.58. The van der Waals surface area contributed by atoms with E-state index in [9.17, 15) is 0 Å². The number of hydrogen-bond acceptors (Lipinski definition) is 1. The van der Waals surface area contributed by atoms with Crippen LogP contribution in [0.4, 0.5) is 0 Å². The maximum absolute atomic E-state index is 5.80. The molecule has 1 heterocycles. The van der Waals surface area contributed by atoms with Crippen LogP contribution in [0.3, 0.4) is 0 Å². The van der Waals surface area contributed by atoms with Crippen LogP contribution in [0.2, 0.25) is 0 Å². The minimum Gasteiger partial charge on any atom is -0.378 e. The highest BCUT2D eigenvalue weighted by atomic mass is 32.2. The maximum Gasteiger partial charge on any atom is 0.110 e. The number of ether oxygens (including phenoxy) is 1. The van der Waals surface area contributed by atoms with Gasteiger partial charge >= 0.3 is 0 Å². The number of rotatable bonds is 9. The second kappa shape index (κ2) is 10.3. The molecule has 0 N–H and O–H groups in total. The van der Waals surface area contributed by atoms with Gasteiger partial charge in [0.2, 0.25) is 0 Å². The van der Waals surface area contributed by atoms with Crippen molar-refractivity contribution in [1.29, 1.82) is 0 Å². The average Bonchev–Trinajstić information content (AvgIpc) is 2.39. The first kappa shape index (κ1) is 15.4. The standard InChI is InChI=1S/C15H30OS/c1-3-5-6-9-13-17(4-2)14-11-15-10-7-8-12-16-15/h15H,2-14H2,1H3/q+1. The molecule has 0 aromatic heterocycles. The van der Waals surface area contributed by atoms with Gasteiger partial charge in [-0.1, -0.05) is 19.8 Å². The summed E-state index contributed by atoms with van der Waals surface area (Å²) in [5.41, 5.74) is 0. The van der Waals surface area contributed by atoms with Gasteiger partial charge in [0, 0.05) is 13.0 Å². The van der Waals surface area contributed by atoms with E-state index in [-0.39, 0.29) is 0 Å². The van der Waals surface area contributed by atoms with Crippen molar-refractivity contribution in [3.05, 3.63) is 6.92 Å². The molecule has 101 valence electrons. The molecule has 0 spiro atoms. The van der Waals surface area contributed by atoms with Crippen LogP contribution in [-0.2, 0) is 15.6 Å². The Hall–Kier alpha value is 0.310. The van der Waals surface area contributed by atoms with Crippen molar-refractivity contribution in [2.45, 2.75) is 64.4 Å². The highest BCUT2D eigenvalue weighted by Crippen LogP contribution is 2.17. The Morgan fingerprint density at radius 2 is 2.06 bits per heavy atom. The molecule has 1 fully saturated rings. The molecule has 0 aromatic rings. The Morgan fingerprint density at radius 3 is 2.71 bits per heavy atom. The van der Waals surface area contributed by atoms with Crippen molar-refractivity contribution in [3.63, 3.8) is 0 Å². The van der Waals surface area contributed by atoms with Crippen molar-refractivity contribution < 1.29 is 4.74 Å². The quantitative estimate of drug-likeness (QED) is 0.449. The van der Waals surface area contributed by atoms with E-state index < -0.39 is 0 Å². The lowest BCUT2D eigenvalue weighted by atomic mass is 10.1. The van der Waals surface area contributed by atoms with Gasteiger partial charge in [0.05, 0.1) is 6.10 Å². The molecule has 1 nitrogen and oxygen atoms in total. The van der Waals surface area contributed by atoms with Crippen molar-refractivity contribution in [3.8, 4) is 0 Å². The molecular weight excluding hydrogens is 228 g/mol. The largest absolute Gasteiger partial charge is 0.378 e. The maximum atomic E-state index is 5.80. The Labute approximate surface area is 111 Å². The molecule has 2 heteroatoms. The van der Waals surface area contributed by atoms with Crippen LogP contribution < -0.4 is 0 Å². The summed E-state index contributed by atoms with van der Waals surface area (Å²) in [5, 5.41) is 0. The Balaban J connectivity index is 2.04. The van der Waals surface area contributed by atoms with Crippen LogP contribution in [0.25, 0.3) is 0 Å². The first-order chi connectivity index (χ1) is 8.36. The van der Waals surface area contributed by atoms with E-state index in [4.69, 9.17) is 4.74 Å². The summed E-state index contributed by atoms with van der Waals surface area (Å²) in [7, 11) is 0.572. The summed E-state index contributed by atoms with van der Waals surface area (Å²) in [5.74, 6) is 3.91. The number of hydrogen-bond donors (Lipinski definition) is 0. The monoisotopic (exact) mass is 258 g/mol. The van der Waals surface area contributed by atoms with Gasteiger partial charge in [0.15, 0.2) is 0 Å². The Bertz CT molecular complexity index is 166. The molecule has 1 aliphatic heterocycles. The van der Waals surface area contributed by atoms with Crippen molar-refractivity contribution in [2.75, 3.05) is 23.9 Å². The number of unbranched alkanes of at least 4 members (excludes halogenated alkanes) is 3. The van der Waals surface area contributed by atoms with E-state index in [1.807, 2.05) is 0 Å². The molecule has 1 saturated heterocycles. The fraction of sp³-hybridized carbons (Fsp3) is 0.933. The average molecular weight is 258 g/mol. The van der Waals surface area contributed by atoms with E-state index in [1.54, 1.807) is 0 Å². The first-order valence-electron chi connectivity index (χ1n) is 7.41. The zero-order valence-electron chi connectivity index (χ0n) is 11.6. The van der Waals surface area contributed by atoms with Crippen molar-refractivity contribution in [1.82, 2.24) is 0 Å². The second-order valence-corrected chi connectivity index (χ2v) is 7.51. The van der Waals surface area contributed by atoms with Gasteiger partial charge in [-0.2, -0.15) is 0 Å². The lowest BCUT2D eigenvalue weighted by Gasteiger charge is -2.22. The molecule has 1 radical (unpaired) electrons. The second-order valence-electron chi connectivity index (χ2n) is 5.06. The SMILES string of the molecule is [CH2]C[S+](CCCCCC)CCC1CCCCO1. The predicted octanol–water partition coefficient (Wildman–Crippen LogP) is 3.98. The minimum absolute atomic E-state index is 0.570. The summed E-state index contributed by atoms with van der Waals surface area (Å²) in [4.78, 5) is 0. The summed E-state index contributed by atoms with van der Waals surface area (Å²) in [6.45, 7) is 7.40. The predicted molar refractivity (Wildman–Crippen MR) is 79.7 cm³/mol. The topological polar surface area (TPSA) is 9.23 Å². The molecule has 0 aliphatic carbocycles. The molecule has 17 heavy (non-hydrogen) atoms. The van der Waals surface area contributed by atoms with Gasteiger partial charge in [-0.15, -0.1) is 0 Å². The van der Waals surface area contributed by atoms with Crippen LogP contribution in [0.15, 0.2) is 0 Å². The van der Waals surface area contributed by atoms with Gasteiger partial charge in [-0.05, 0) is 49.9 Å². The Morgan fingerprint density at radius 1 is 1.18 bits per heavy atom. The van der Waals surface area contributed by atoms with Crippen LogP contribution in [-0.4, -0.2) is 30.0 Å². The molecule has 0 saturated carbocycles. The van der Waals surface area contributed by atoms with Crippen LogP contribution in [0, 0.1) is 6.92 Å². The summed E-state index contributed by atoms with van der Waals surface area (Å²) >= 11 is 0. The third kappa shape index (κ3) is 7.35. The molecule has 2 atom stereocenters. The van der Waals surface area contributed by atoms with Crippen molar-refractivity contribution in [2.24, 2.45) is 0 Å². The summed E-state index contributed by atoms with van der Waals surface area (Å²) in [6.07, 6.45) is 11.4. The summed E-state index contributed by atoms with van der Waals surface area (Å²) in [6, 6.07) is 0. The van der Waals surface area contributed by atoms with Gasteiger partial charge in [0.25, 0.3) is 0 Å². The van der Waals surface area contributed by atoms with Crippen LogP contribution >= 0.6 is 0 Å². The van der Waals surface area contributed by atoms with Crippen LogP contribution in [0.1, 0.15) is 58.3 Å². The fourth-order valence-electron chi connectivity index (χ4n) is 2.37. The van der Waals surface area contributed by atoms with E-state index in [0.29, 0.717) is 17.0 Å². The highest BCUT2D eigenvalue weighted by molar-refractivity contribution is 7.96. The van der Waals surface area contributed by atoms with Gasteiger partial charge in [-0.3, -0.25) is 0 Å². The first-order valence-corrected chi connectivity index (χ1v) is 9.15. The highest BCUT2D eigenvalue weighted by Gasteiger charge is 2.20. The van der Waals surface area contributed by atoms with E-state index in [0.717, 1.165) is 12.4 Å². The third-order valence-corrected chi connectivity index (χ3v) is 5.83. The van der Waals surface area contributed by atoms with E-state index in [1.165, 1.54) is 62.9 Å². The van der Waals surface area contributed by atoms with Gasteiger partial charge in [-0.25, -0.2) is 0 Å². The zero-order valence-corrected chi connectivity index (χ0v) is 12.4. The smallest absolute Gasteiger partial charge is 0.110 e. The van der Waals surface area contributed by atoms with Gasteiger partial charge < -0.3 is 4.74 Å². The molecule has 0 bridgehead atoms. The lowest BCUT2D eigenvalue weighted by Crippen LogP contribution is -2.24. The molecule has 0 aromatic carbocycles. The lowest BCUT2D eigenvalue weighted by molar-refractivity contribution is 0.0149. The fourth-order valence-corrected chi connectivity index (χ4v) is 4.19. The molecular formula is C15H30OS+. The Kier molecular flexibility index (Phi) is 9.27. The van der Waals surface area contributed by atoms with Crippen LogP contribution in [0.5, 0.6) is 0 Å². The zero-order chi connectivity index (χ0) is 12.3. The normalized spacial score (nSPS) is 22.6. The molecule has 0 amide bonds.